The summed E-state index contributed by atoms with van der Waals surface area (Å²) in [5, 5.41) is 4.11. The van der Waals surface area contributed by atoms with Gasteiger partial charge in [0.15, 0.2) is 5.88 Å². The van der Waals surface area contributed by atoms with E-state index in [2.05, 4.69) is 22.0 Å². The van der Waals surface area contributed by atoms with Crippen LogP contribution in [-0.4, -0.2) is 60.9 Å². The molecule has 7 rings (SSSR count). The monoisotopic (exact) mass is 583 g/mol. The molecule has 3 fully saturated rings. The number of carbonyl (C=O) groups excluding carboxylic acids is 2. The number of ether oxygens (including phenoxy) is 1. The molecule has 10 heteroatoms. The maximum Gasteiger partial charge on any atom is 0.254 e. The largest absolute Gasteiger partial charge is 0.482 e. The van der Waals surface area contributed by atoms with Crippen LogP contribution in [0.1, 0.15) is 80.7 Å². The molecule has 0 unspecified atom stereocenters. The Morgan fingerprint density at radius 1 is 1.09 bits per heavy atom. The number of carbonyl (C=O) groups is 2. The normalized spacial score (nSPS) is 22.2. The number of nitrogens with one attached hydrogen (secondary N) is 1. The van der Waals surface area contributed by atoms with E-state index in [0.717, 1.165) is 59.6 Å². The number of imidazole rings is 1. The summed E-state index contributed by atoms with van der Waals surface area (Å²) in [5.74, 6) is 1.10. The first kappa shape index (κ1) is 27.9. The van der Waals surface area contributed by atoms with Gasteiger partial charge in [0.25, 0.3) is 5.91 Å². The number of aromatic nitrogens is 4. The quantitative estimate of drug-likeness (QED) is 0.313. The highest BCUT2D eigenvalue weighted by molar-refractivity contribution is 5.97. The fourth-order valence-electron chi connectivity index (χ4n) is 7.07. The van der Waals surface area contributed by atoms with Crippen molar-refractivity contribution in [2.45, 2.75) is 90.5 Å². The summed E-state index contributed by atoms with van der Waals surface area (Å²) < 4.78 is 10.1. The lowest BCUT2D eigenvalue weighted by Crippen LogP contribution is -2.40. The second-order valence-electron chi connectivity index (χ2n) is 13.1. The molecule has 226 valence electrons. The Morgan fingerprint density at radius 3 is 2.53 bits per heavy atom. The van der Waals surface area contributed by atoms with E-state index < -0.39 is 0 Å². The van der Waals surface area contributed by atoms with Gasteiger partial charge in [-0.3, -0.25) is 14.0 Å². The maximum atomic E-state index is 13.8. The van der Waals surface area contributed by atoms with E-state index in [-0.39, 0.29) is 41.9 Å². The van der Waals surface area contributed by atoms with Crippen LogP contribution in [-0.2, 0) is 11.3 Å². The molecule has 2 bridgehead atoms. The highest BCUT2D eigenvalue weighted by atomic mass is 16.5. The molecule has 1 aliphatic carbocycles. The van der Waals surface area contributed by atoms with Crippen molar-refractivity contribution in [2.75, 3.05) is 7.11 Å². The zero-order valence-electron chi connectivity index (χ0n) is 25.6. The molecule has 3 aliphatic rings. The van der Waals surface area contributed by atoms with Crippen molar-refractivity contribution in [2.24, 2.45) is 17.6 Å². The highest BCUT2D eigenvalue weighted by Crippen LogP contribution is 2.40. The summed E-state index contributed by atoms with van der Waals surface area (Å²) in [5.41, 5.74) is 12.1. The third kappa shape index (κ3) is 4.67. The van der Waals surface area contributed by atoms with Crippen LogP contribution in [0.25, 0.3) is 28.1 Å². The number of hydrogen-bond acceptors (Lipinski definition) is 6. The summed E-state index contributed by atoms with van der Waals surface area (Å²) in [4.78, 5) is 38.3. The molecule has 2 saturated heterocycles. The van der Waals surface area contributed by atoms with Gasteiger partial charge >= 0.3 is 0 Å². The lowest BCUT2D eigenvalue weighted by Gasteiger charge is -2.23. The van der Waals surface area contributed by atoms with Gasteiger partial charge < -0.3 is 25.3 Å². The van der Waals surface area contributed by atoms with E-state index in [0.29, 0.717) is 23.0 Å². The summed E-state index contributed by atoms with van der Waals surface area (Å²) in [6.07, 6.45) is 5.25. The number of amides is 2. The minimum absolute atomic E-state index is 0.00158. The van der Waals surface area contributed by atoms with Gasteiger partial charge in [-0.25, -0.2) is 9.97 Å². The van der Waals surface area contributed by atoms with Gasteiger partial charge in [-0.1, -0.05) is 13.8 Å². The number of nitrogens with two attached hydrogens (primary N) is 1. The SMILES string of the molecule is COc1cc(C(=O)N2[C@H]3CC[C@@H]2[C@H](N)C3)cc2nc(-c3cc4ccc([C@@H](C)NC(=O)C(C)C)nc4n3CC3CC3)c(C)n12. The zero-order valence-corrected chi connectivity index (χ0v) is 25.6. The molecule has 4 aromatic heterocycles. The van der Waals surface area contributed by atoms with Crippen molar-refractivity contribution in [3.63, 3.8) is 0 Å². The molecule has 2 aliphatic heterocycles. The molecule has 10 nitrogen and oxygen atoms in total. The summed E-state index contributed by atoms with van der Waals surface area (Å²) in [7, 11) is 1.63. The second kappa shape index (κ2) is 10.4. The smallest absolute Gasteiger partial charge is 0.254 e. The van der Waals surface area contributed by atoms with Crippen LogP contribution in [0.3, 0.4) is 0 Å². The first-order chi connectivity index (χ1) is 20.6. The fraction of sp³-hybridized carbons (Fsp3) is 0.515. The third-order valence-corrected chi connectivity index (χ3v) is 9.67. The maximum absolute atomic E-state index is 13.8. The fourth-order valence-corrected chi connectivity index (χ4v) is 7.07. The predicted molar refractivity (Wildman–Crippen MR) is 165 cm³/mol. The Hall–Kier alpha value is -3.92. The van der Waals surface area contributed by atoms with Crippen molar-refractivity contribution in [1.29, 1.82) is 0 Å². The molecular weight excluding hydrogens is 542 g/mol. The Labute approximate surface area is 251 Å². The summed E-state index contributed by atoms with van der Waals surface area (Å²) in [6.45, 7) is 8.65. The topological polar surface area (TPSA) is 120 Å². The van der Waals surface area contributed by atoms with Gasteiger partial charge in [-0.2, -0.15) is 0 Å². The highest BCUT2D eigenvalue weighted by Gasteiger charge is 2.47. The zero-order chi connectivity index (χ0) is 30.2. The van der Waals surface area contributed by atoms with Crippen LogP contribution in [0.4, 0.5) is 0 Å². The van der Waals surface area contributed by atoms with Crippen LogP contribution < -0.4 is 15.8 Å². The average molecular weight is 584 g/mol. The van der Waals surface area contributed by atoms with Crippen LogP contribution in [0.5, 0.6) is 5.88 Å². The van der Waals surface area contributed by atoms with Crippen LogP contribution in [0, 0.1) is 18.8 Å². The molecule has 0 spiro atoms. The number of aryl methyl sites for hydroxylation is 1. The number of fused-ring (bicyclic) bond motifs is 4. The van der Waals surface area contributed by atoms with E-state index in [9.17, 15) is 9.59 Å². The number of methoxy groups -OCH3 is 1. The van der Waals surface area contributed by atoms with Gasteiger partial charge in [0.1, 0.15) is 17.0 Å². The lowest BCUT2D eigenvalue weighted by atomic mass is 9.97. The van der Waals surface area contributed by atoms with E-state index in [1.165, 1.54) is 12.8 Å². The number of nitrogens with zero attached hydrogens (tertiary/aromatic N) is 5. The molecule has 6 heterocycles. The molecule has 3 N–H and O–H groups in total. The molecule has 0 radical (unpaired) electrons. The molecule has 0 aromatic carbocycles. The van der Waals surface area contributed by atoms with Crippen molar-refractivity contribution >= 4 is 28.5 Å². The molecule has 4 atom stereocenters. The molecule has 4 aromatic rings. The van der Waals surface area contributed by atoms with E-state index in [1.54, 1.807) is 7.11 Å². The standard InChI is InChI=1S/C33H41N7O3/c1-17(2)32(41)35-18(3)25-10-8-21-12-27(38(31(21)36-25)16-20-6-7-20)30-19(4)39-28(37-30)13-22(14-29(39)43-5)33(42)40-23-9-11-26(40)24(34)15-23/h8,10,12-14,17-18,20,23-24,26H,6-7,9,11,15-16,34H2,1-5H3,(H,35,41)/t18-,23+,24-,26-/m1/s1. The Bertz CT molecular complexity index is 1750. The number of pyridine rings is 2. The van der Waals surface area contributed by atoms with E-state index in [1.807, 2.05) is 55.2 Å². The van der Waals surface area contributed by atoms with Gasteiger partial charge in [-0.05, 0) is 76.1 Å². The minimum Gasteiger partial charge on any atom is -0.482 e. The first-order valence-corrected chi connectivity index (χ1v) is 15.6. The second-order valence-corrected chi connectivity index (χ2v) is 13.1. The Morgan fingerprint density at radius 2 is 1.88 bits per heavy atom. The third-order valence-electron chi connectivity index (χ3n) is 9.67. The first-order valence-electron chi connectivity index (χ1n) is 15.6. The lowest BCUT2D eigenvalue weighted by molar-refractivity contribution is -0.124. The predicted octanol–water partition coefficient (Wildman–Crippen LogP) is 4.62. The van der Waals surface area contributed by atoms with Gasteiger partial charge in [0.2, 0.25) is 5.91 Å². The van der Waals surface area contributed by atoms with E-state index in [4.69, 9.17) is 20.4 Å². The van der Waals surface area contributed by atoms with Gasteiger partial charge in [0.05, 0.1) is 30.2 Å². The Balaban J connectivity index is 1.31. The summed E-state index contributed by atoms with van der Waals surface area (Å²) >= 11 is 0. The Kier molecular flexibility index (Phi) is 6.72. The summed E-state index contributed by atoms with van der Waals surface area (Å²) in [6, 6.07) is 10.1. The van der Waals surface area contributed by atoms with Gasteiger partial charge in [0, 0.05) is 47.6 Å². The van der Waals surface area contributed by atoms with Crippen LogP contribution in [0.2, 0.25) is 0 Å². The van der Waals surface area contributed by atoms with Gasteiger partial charge in [-0.15, -0.1) is 0 Å². The molecule has 43 heavy (non-hydrogen) atoms. The number of rotatable bonds is 8. The number of hydrogen-bond donors (Lipinski definition) is 2. The van der Waals surface area contributed by atoms with Crippen LogP contribution >= 0.6 is 0 Å². The van der Waals surface area contributed by atoms with Crippen molar-refractivity contribution in [3.05, 3.63) is 47.3 Å². The van der Waals surface area contributed by atoms with Crippen molar-refractivity contribution < 1.29 is 14.3 Å². The average Bonchev–Trinajstić information content (AvgIpc) is 3.31. The van der Waals surface area contributed by atoms with Crippen molar-refractivity contribution in [1.82, 2.24) is 29.2 Å². The minimum atomic E-state index is -0.204. The van der Waals surface area contributed by atoms with Crippen LogP contribution in [0.15, 0.2) is 30.3 Å². The molecular formula is C33H41N7O3. The molecule has 2 amide bonds. The van der Waals surface area contributed by atoms with Crippen molar-refractivity contribution in [3.8, 4) is 17.3 Å². The van der Waals surface area contributed by atoms with E-state index >= 15 is 0 Å². The molecule has 1 saturated carbocycles.